The average molecular weight is 373 g/mol. The number of amides is 1. The van der Waals surface area contributed by atoms with E-state index in [9.17, 15) is 17.6 Å². The van der Waals surface area contributed by atoms with E-state index in [1.807, 2.05) is 0 Å². The summed E-state index contributed by atoms with van der Waals surface area (Å²) in [4.78, 5) is 11.0. The van der Waals surface area contributed by atoms with Crippen LogP contribution in [0.2, 0.25) is 5.02 Å². The summed E-state index contributed by atoms with van der Waals surface area (Å²) in [7, 11) is -2.61. The summed E-state index contributed by atoms with van der Waals surface area (Å²) < 4.78 is 45.2. The lowest BCUT2D eigenvalue weighted by molar-refractivity contribution is -0.114. The second-order valence-corrected chi connectivity index (χ2v) is 6.83. The van der Waals surface area contributed by atoms with E-state index >= 15 is 0 Å². The molecule has 2 N–H and O–H groups in total. The van der Waals surface area contributed by atoms with Crippen molar-refractivity contribution in [3.63, 3.8) is 0 Å². The Kier molecular flexibility index (Phi) is 5.30. The quantitative estimate of drug-likeness (QED) is 0.843. The normalized spacial score (nSPS) is 11.0. The highest BCUT2D eigenvalue weighted by Gasteiger charge is 2.19. The zero-order chi connectivity index (χ0) is 17.9. The van der Waals surface area contributed by atoms with Crippen molar-refractivity contribution in [2.45, 2.75) is 11.8 Å². The zero-order valence-corrected chi connectivity index (χ0v) is 14.3. The smallest absolute Gasteiger partial charge is 0.263 e. The van der Waals surface area contributed by atoms with Crippen LogP contribution in [-0.4, -0.2) is 21.4 Å². The van der Waals surface area contributed by atoms with Crippen molar-refractivity contribution in [1.29, 1.82) is 0 Å². The molecule has 0 saturated carbocycles. The first-order valence-electron chi connectivity index (χ1n) is 6.66. The number of sulfonamides is 1. The number of rotatable bonds is 5. The van der Waals surface area contributed by atoms with E-state index in [-0.39, 0.29) is 21.5 Å². The molecule has 0 atom stereocenters. The zero-order valence-electron chi connectivity index (χ0n) is 12.8. The van der Waals surface area contributed by atoms with E-state index in [0.29, 0.717) is 11.4 Å². The number of carbonyl (C=O) groups excluding carboxylic acids is 1. The first-order chi connectivity index (χ1) is 11.2. The summed E-state index contributed by atoms with van der Waals surface area (Å²) in [5.74, 6) is -0.612. The first-order valence-corrected chi connectivity index (χ1v) is 8.52. The highest BCUT2D eigenvalue weighted by Crippen LogP contribution is 2.30. The number of anilines is 2. The van der Waals surface area contributed by atoms with Gasteiger partial charge in [0.1, 0.15) is 16.5 Å². The number of nitrogens with one attached hydrogen (secondary N) is 2. The van der Waals surface area contributed by atoms with E-state index in [1.165, 1.54) is 32.2 Å². The number of ether oxygens (including phenoxy) is 1. The van der Waals surface area contributed by atoms with Crippen LogP contribution in [0.25, 0.3) is 0 Å². The Morgan fingerprint density at radius 3 is 2.50 bits per heavy atom. The molecule has 0 radical (unpaired) electrons. The van der Waals surface area contributed by atoms with Gasteiger partial charge in [-0.3, -0.25) is 9.52 Å². The monoisotopic (exact) mass is 372 g/mol. The molecule has 2 aromatic carbocycles. The van der Waals surface area contributed by atoms with Gasteiger partial charge in [-0.05, 0) is 36.4 Å². The fourth-order valence-electron chi connectivity index (χ4n) is 1.96. The number of carbonyl (C=O) groups is 1. The molecule has 2 rings (SSSR count). The van der Waals surface area contributed by atoms with Crippen LogP contribution in [0.4, 0.5) is 15.8 Å². The van der Waals surface area contributed by atoms with Crippen LogP contribution in [0.1, 0.15) is 6.92 Å². The van der Waals surface area contributed by atoms with Crippen LogP contribution in [-0.2, 0) is 14.8 Å². The molecule has 128 valence electrons. The standard InChI is InChI=1S/C15H14ClFN2O4S/c1-9(20)18-13-8-11(4-5-14(13)23-2)19-24(21,22)15-6-3-10(17)7-12(15)16/h3-8,19H,1-2H3,(H,18,20). The minimum atomic E-state index is -4.03. The largest absolute Gasteiger partial charge is 0.495 e. The van der Waals surface area contributed by atoms with Gasteiger partial charge >= 0.3 is 0 Å². The fraction of sp³-hybridized carbons (Fsp3) is 0.133. The lowest BCUT2D eigenvalue weighted by Crippen LogP contribution is -2.14. The van der Waals surface area contributed by atoms with Crippen molar-refractivity contribution in [2.24, 2.45) is 0 Å². The molecule has 0 unspecified atom stereocenters. The molecule has 9 heteroatoms. The van der Waals surface area contributed by atoms with Crippen LogP contribution in [0.15, 0.2) is 41.3 Å². The summed E-state index contributed by atoms with van der Waals surface area (Å²) in [6.45, 7) is 1.31. The Hall–Kier alpha value is -2.32. The van der Waals surface area contributed by atoms with Crippen molar-refractivity contribution < 1.29 is 22.3 Å². The Bertz CT molecular complexity index is 887. The van der Waals surface area contributed by atoms with Gasteiger partial charge in [-0.25, -0.2) is 12.8 Å². The Labute approximate surface area is 143 Å². The molecule has 0 fully saturated rings. The predicted molar refractivity (Wildman–Crippen MR) is 89.5 cm³/mol. The maximum atomic E-state index is 13.1. The van der Waals surface area contributed by atoms with Crippen molar-refractivity contribution in [3.05, 3.63) is 47.2 Å². The van der Waals surface area contributed by atoms with Gasteiger partial charge in [0.2, 0.25) is 5.91 Å². The van der Waals surface area contributed by atoms with E-state index in [2.05, 4.69) is 10.0 Å². The molecule has 0 saturated heterocycles. The summed E-state index contributed by atoms with van der Waals surface area (Å²) >= 11 is 5.79. The van der Waals surface area contributed by atoms with Crippen LogP contribution in [0.3, 0.4) is 0 Å². The van der Waals surface area contributed by atoms with Gasteiger partial charge in [-0.15, -0.1) is 0 Å². The third-order valence-corrected chi connectivity index (χ3v) is 4.81. The number of hydrogen-bond donors (Lipinski definition) is 2. The van der Waals surface area contributed by atoms with Gasteiger partial charge in [-0.2, -0.15) is 0 Å². The lowest BCUT2D eigenvalue weighted by Gasteiger charge is -2.13. The van der Waals surface area contributed by atoms with Gasteiger partial charge in [0.15, 0.2) is 0 Å². The Morgan fingerprint density at radius 1 is 1.21 bits per heavy atom. The van der Waals surface area contributed by atoms with Gasteiger partial charge < -0.3 is 10.1 Å². The minimum Gasteiger partial charge on any atom is -0.495 e. The van der Waals surface area contributed by atoms with Gasteiger partial charge in [-0.1, -0.05) is 11.6 Å². The van der Waals surface area contributed by atoms with Crippen LogP contribution in [0.5, 0.6) is 5.75 Å². The average Bonchev–Trinajstić information content (AvgIpc) is 2.46. The molecule has 0 aromatic heterocycles. The van der Waals surface area contributed by atoms with Gasteiger partial charge in [0.05, 0.1) is 23.5 Å². The molecule has 0 bridgehead atoms. The highest BCUT2D eigenvalue weighted by atomic mass is 35.5. The van der Waals surface area contributed by atoms with Crippen molar-refractivity contribution in [3.8, 4) is 5.75 Å². The molecular formula is C15H14ClFN2O4S. The fourth-order valence-corrected chi connectivity index (χ4v) is 3.54. The highest BCUT2D eigenvalue weighted by molar-refractivity contribution is 7.92. The molecule has 1 amide bonds. The summed E-state index contributed by atoms with van der Waals surface area (Å²) in [5.41, 5.74) is 0.482. The Morgan fingerprint density at radius 2 is 1.92 bits per heavy atom. The molecule has 0 spiro atoms. The summed E-state index contributed by atoms with van der Waals surface area (Å²) in [6, 6.07) is 7.33. The molecule has 2 aromatic rings. The third-order valence-electron chi connectivity index (χ3n) is 2.95. The molecule has 0 aliphatic carbocycles. The molecule has 0 heterocycles. The SMILES string of the molecule is COc1ccc(NS(=O)(=O)c2ccc(F)cc2Cl)cc1NC(C)=O. The van der Waals surface area contributed by atoms with Crippen LogP contribution < -0.4 is 14.8 Å². The second kappa shape index (κ2) is 7.06. The predicted octanol–water partition coefficient (Wildman–Crippen LogP) is 3.25. The number of methoxy groups -OCH3 is 1. The van der Waals surface area contributed by atoms with Crippen molar-refractivity contribution in [1.82, 2.24) is 0 Å². The lowest BCUT2D eigenvalue weighted by atomic mass is 10.2. The molecule has 6 nitrogen and oxygen atoms in total. The van der Waals surface area contributed by atoms with Crippen LogP contribution in [0, 0.1) is 5.82 Å². The summed E-state index contributed by atoms with van der Waals surface area (Å²) in [5, 5.41) is 2.30. The van der Waals surface area contributed by atoms with Crippen molar-refractivity contribution >= 4 is 38.9 Å². The van der Waals surface area contributed by atoms with Crippen molar-refractivity contribution in [2.75, 3.05) is 17.1 Å². The topological polar surface area (TPSA) is 84.5 Å². The first kappa shape index (κ1) is 18.0. The number of benzene rings is 2. The maximum Gasteiger partial charge on any atom is 0.263 e. The molecular weight excluding hydrogens is 359 g/mol. The van der Waals surface area contributed by atoms with Crippen LogP contribution >= 0.6 is 11.6 Å². The Balaban J connectivity index is 2.37. The molecule has 0 aliphatic heterocycles. The molecule has 0 aliphatic rings. The second-order valence-electron chi connectivity index (χ2n) is 4.78. The molecule has 24 heavy (non-hydrogen) atoms. The van der Waals surface area contributed by atoms with E-state index in [0.717, 1.165) is 18.2 Å². The van der Waals surface area contributed by atoms with Gasteiger partial charge in [0.25, 0.3) is 10.0 Å². The van der Waals surface area contributed by atoms with E-state index < -0.39 is 15.8 Å². The third kappa shape index (κ3) is 4.15. The van der Waals surface area contributed by atoms with E-state index in [1.54, 1.807) is 0 Å². The maximum absolute atomic E-state index is 13.1. The number of hydrogen-bond acceptors (Lipinski definition) is 4. The van der Waals surface area contributed by atoms with Gasteiger partial charge in [0, 0.05) is 6.92 Å². The number of halogens is 2. The van der Waals surface area contributed by atoms with E-state index in [4.69, 9.17) is 16.3 Å². The summed E-state index contributed by atoms with van der Waals surface area (Å²) in [6.07, 6.45) is 0. The minimum absolute atomic E-state index is 0.181.